The monoisotopic (exact) mass is 476 g/mol. The minimum Gasteiger partial charge on any atom is -0.465 e. The number of benzene rings is 2. The molecule has 180 valence electrons. The summed E-state index contributed by atoms with van der Waals surface area (Å²) >= 11 is 0. The van der Waals surface area contributed by atoms with E-state index in [9.17, 15) is 34.2 Å². The van der Waals surface area contributed by atoms with Crippen molar-refractivity contribution < 1.29 is 28.6 Å². The predicted octanol–water partition coefficient (Wildman–Crippen LogP) is 4.41. The first-order valence-electron chi connectivity index (χ1n) is 9.93. The smallest absolute Gasteiger partial charge is 0.325 e. The number of carbonyl (C=O) groups is 2. The lowest BCUT2D eigenvalue weighted by molar-refractivity contribution is -0.395. The van der Waals surface area contributed by atoms with E-state index < -0.39 is 44.6 Å². The van der Waals surface area contributed by atoms with Gasteiger partial charge in [-0.2, -0.15) is 4.39 Å². The van der Waals surface area contributed by atoms with E-state index in [4.69, 9.17) is 4.74 Å². The van der Waals surface area contributed by atoms with Crippen molar-refractivity contribution in [1.29, 1.82) is 0 Å². The maximum Gasteiger partial charge on any atom is 0.325 e. The van der Waals surface area contributed by atoms with Crippen molar-refractivity contribution in [2.75, 3.05) is 29.9 Å². The molecule has 2 rings (SSSR count). The summed E-state index contributed by atoms with van der Waals surface area (Å²) in [6.45, 7) is 5.37. The second kappa shape index (κ2) is 11.4. The second-order valence-corrected chi connectivity index (χ2v) is 6.71. The number of rotatable bonds is 10. The highest BCUT2D eigenvalue weighted by Gasteiger charge is 2.25. The minimum absolute atomic E-state index is 0.0427. The first-order chi connectivity index (χ1) is 16.1. The van der Waals surface area contributed by atoms with Gasteiger partial charge >= 0.3 is 17.3 Å². The quantitative estimate of drug-likeness (QED) is 0.227. The average Bonchev–Trinajstić information content (AvgIpc) is 2.75. The topological polar surface area (TPSA) is 170 Å². The number of ether oxygens (including phenoxy) is 1. The van der Waals surface area contributed by atoms with Crippen LogP contribution in [0.1, 0.15) is 20.8 Å². The third-order valence-electron chi connectivity index (χ3n) is 4.37. The van der Waals surface area contributed by atoms with E-state index in [1.165, 1.54) is 19.1 Å². The predicted molar refractivity (Wildman–Crippen MR) is 119 cm³/mol. The van der Waals surface area contributed by atoms with Gasteiger partial charge in [-0.15, -0.1) is 10.2 Å². The molecule has 0 saturated carbocycles. The summed E-state index contributed by atoms with van der Waals surface area (Å²) in [5, 5.41) is 32.2. The molecule has 0 unspecified atom stereocenters. The molecule has 0 bridgehead atoms. The summed E-state index contributed by atoms with van der Waals surface area (Å²) in [4.78, 5) is 45.3. The maximum absolute atomic E-state index is 14.0. The van der Waals surface area contributed by atoms with Crippen LogP contribution in [0.5, 0.6) is 0 Å². The number of amides is 1. The molecule has 0 spiro atoms. The number of nitro benzene ring substituents is 2. The standard InChI is InChI=1S/C20H21FN6O7/c1-4-25(11-20(29)34-5-2)13-6-7-15(16(8-13)22-12(3)28)23-24-17-9-14(21)18(26(30)31)10-19(17)27(32)33/h6-10H,4-5,11H2,1-3H3,(H,22,28). The van der Waals surface area contributed by atoms with Gasteiger partial charge in [0, 0.05) is 25.2 Å². The number of esters is 1. The van der Waals surface area contributed by atoms with Crippen LogP contribution < -0.4 is 10.2 Å². The normalized spacial score (nSPS) is 10.7. The van der Waals surface area contributed by atoms with E-state index in [-0.39, 0.29) is 24.5 Å². The Balaban J connectivity index is 2.48. The largest absolute Gasteiger partial charge is 0.465 e. The van der Waals surface area contributed by atoms with Crippen molar-refractivity contribution in [3.05, 3.63) is 56.4 Å². The number of hydrogen-bond acceptors (Lipinski definition) is 10. The molecule has 0 radical (unpaired) electrons. The highest BCUT2D eigenvalue weighted by Crippen LogP contribution is 2.36. The summed E-state index contributed by atoms with van der Waals surface area (Å²) in [6, 6.07) is 5.52. The second-order valence-electron chi connectivity index (χ2n) is 6.71. The number of azo groups is 1. The molecular formula is C20H21FN6O7. The van der Waals surface area contributed by atoms with Crippen LogP contribution >= 0.6 is 0 Å². The number of anilines is 2. The van der Waals surface area contributed by atoms with E-state index in [1.54, 1.807) is 17.9 Å². The molecule has 0 atom stereocenters. The van der Waals surface area contributed by atoms with Gasteiger partial charge in [-0.05, 0) is 32.0 Å². The van der Waals surface area contributed by atoms with Crippen LogP contribution in [0.25, 0.3) is 0 Å². The number of likely N-dealkylation sites (N-methyl/N-ethyl adjacent to an activating group) is 1. The maximum atomic E-state index is 14.0. The SMILES string of the molecule is CCOC(=O)CN(CC)c1ccc(N=Nc2cc(F)c([N+](=O)[O-])cc2[N+](=O)[O-])c(NC(C)=O)c1. The van der Waals surface area contributed by atoms with Crippen molar-refractivity contribution in [2.45, 2.75) is 20.8 Å². The Bertz CT molecular complexity index is 1150. The fourth-order valence-corrected chi connectivity index (χ4v) is 2.86. The van der Waals surface area contributed by atoms with E-state index >= 15 is 0 Å². The van der Waals surface area contributed by atoms with Crippen molar-refractivity contribution in [3.8, 4) is 0 Å². The zero-order valence-electron chi connectivity index (χ0n) is 18.5. The third kappa shape index (κ3) is 6.51. The van der Waals surface area contributed by atoms with Crippen LogP contribution in [0.3, 0.4) is 0 Å². The number of nitro groups is 2. The fourth-order valence-electron chi connectivity index (χ4n) is 2.86. The van der Waals surface area contributed by atoms with Gasteiger partial charge < -0.3 is 15.0 Å². The summed E-state index contributed by atoms with van der Waals surface area (Å²) in [5.74, 6) is -2.21. The van der Waals surface area contributed by atoms with E-state index in [0.717, 1.165) is 0 Å². The zero-order valence-corrected chi connectivity index (χ0v) is 18.5. The summed E-state index contributed by atoms with van der Waals surface area (Å²) in [6.07, 6.45) is 0. The number of hydrogen-bond donors (Lipinski definition) is 1. The molecule has 0 saturated heterocycles. The van der Waals surface area contributed by atoms with Crippen LogP contribution in [-0.2, 0) is 14.3 Å². The number of nitrogens with one attached hydrogen (secondary N) is 1. The minimum atomic E-state index is -1.32. The molecule has 2 aromatic carbocycles. The molecule has 0 aliphatic rings. The molecule has 1 N–H and O–H groups in total. The lowest BCUT2D eigenvalue weighted by Gasteiger charge is -2.23. The molecule has 2 aromatic rings. The number of halogens is 1. The van der Waals surface area contributed by atoms with E-state index in [1.807, 2.05) is 6.92 Å². The molecular weight excluding hydrogens is 455 g/mol. The molecule has 0 heterocycles. The first kappa shape index (κ1) is 25.8. The van der Waals surface area contributed by atoms with Gasteiger partial charge in [-0.25, -0.2) is 0 Å². The van der Waals surface area contributed by atoms with Crippen LogP contribution in [0, 0.1) is 26.0 Å². The molecule has 34 heavy (non-hydrogen) atoms. The van der Waals surface area contributed by atoms with Crippen LogP contribution in [0.15, 0.2) is 40.6 Å². The van der Waals surface area contributed by atoms with Gasteiger partial charge in [0.2, 0.25) is 11.7 Å². The highest BCUT2D eigenvalue weighted by atomic mass is 19.1. The van der Waals surface area contributed by atoms with Crippen LogP contribution in [0.2, 0.25) is 0 Å². The highest BCUT2D eigenvalue weighted by molar-refractivity contribution is 5.93. The van der Waals surface area contributed by atoms with Gasteiger partial charge in [0.15, 0.2) is 5.69 Å². The van der Waals surface area contributed by atoms with Crippen LogP contribution in [0.4, 0.5) is 38.5 Å². The molecule has 0 fully saturated rings. The van der Waals surface area contributed by atoms with E-state index in [2.05, 4.69) is 15.5 Å². The molecule has 1 amide bonds. The van der Waals surface area contributed by atoms with Crippen molar-refractivity contribution >= 4 is 46.0 Å². The lowest BCUT2D eigenvalue weighted by Crippen LogP contribution is -2.30. The fraction of sp³-hybridized carbons (Fsp3) is 0.300. The molecule has 14 heteroatoms. The molecule has 0 aliphatic heterocycles. The number of nitrogens with zero attached hydrogens (tertiary/aromatic N) is 5. The Hall–Kier alpha value is -4.49. The van der Waals surface area contributed by atoms with Crippen molar-refractivity contribution in [2.24, 2.45) is 10.2 Å². The third-order valence-corrected chi connectivity index (χ3v) is 4.37. The van der Waals surface area contributed by atoms with Gasteiger partial charge in [-0.3, -0.25) is 29.8 Å². The summed E-state index contributed by atoms with van der Waals surface area (Å²) in [7, 11) is 0. The molecule has 13 nitrogen and oxygen atoms in total. The van der Waals surface area contributed by atoms with Gasteiger partial charge in [0.25, 0.3) is 0 Å². The van der Waals surface area contributed by atoms with Crippen molar-refractivity contribution in [3.63, 3.8) is 0 Å². The van der Waals surface area contributed by atoms with Crippen LogP contribution in [-0.4, -0.2) is 41.4 Å². The average molecular weight is 476 g/mol. The Labute approximate surface area is 192 Å². The Morgan fingerprint density at radius 2 is 1.71 bits per heavy atom. The Morgan fingerprint density at radius 1 is 1.06 bits per heavy atom. The Morgan fingerprint density at radius 3 is 2.26 bits per heavy atom. The summed E-state index contributed by atoms with van der Waals surface area (Å²) < 4.78 is 18.9. The van der Waals surface area contributed by atoms with E-state index in [0.29, 0.717) is 24.4 Å². The first-order valence-corrected chi connectivity index (χ1v) is 9.93. The lowest BCUT2D eigenvalue weighted by atomic mass is 10.2. The molecule has 0 aromatic heterocycles. The summed E-state index contributed by atoms with van der Waals surface area (Å²) in [5.41, 5.74) is -1.66. The van der Waals surface area contributed by atoms with Gasteiger partial charge in [0.1, 0.15) is 12.2 Å². The number of carbonyl (C=O) groups excluding carboxylic acids is 2. The van der Waals surface area contributed by atoms with Gasteiger partial charge in [0.05, 0.1) is 28.2 Å². The Kier molecular flexibility index (Phi) is 8.64. The zero-order chi connectivity index (χ0) is 25.4. The molecule has 0 aliphatic carbocycles. The van der Waals surface area contributed by atoms with Gasteiger partial charge in [-0.1, -0.05) is 0 Å². The van der Waals surface area contributed by atoms with Crippen molar-refractivity contribution in [1.82, 2.24) is 0 Å².